The van der Waals surface area contributed by atoms with Gasteiger partial charge in [-0.1, -0.05) is 17.7 Å². The molecule has 2 aromatic rings. The summed E-state index contributed by atoms with van der Waals surface area (Å²) in [6, 6.07) is 7.18. The molecule has 7 nitrogen and oxygen atoms in total. The van der Waals surface area contributed by atoms with Gasteiger partial charge in [-0.15, -0.1) is 0 Å². The molecule has 0 spiro atoms. The standard InChI is InChI=1S/C17H19ClN2O5S/c1-10-5-6-11(7-12(10)17(21)19-2)26(22,23)20-14-9-15(24-3)13(18)8-16(14)25-4/h5-9,20H,1-4H3,(H,19,21). The van der Waals surface area contributed by atoms with Gasteiger partial charge in [-0.05, 0) is 24.6 Å². The van der Waals surface area contributed by atoms with E-state index in [1.165, 1.54) is 45.5 Å². The van der Waals surface area contributed by atoms with Crippen molar-refractivity contribution in [2.75, 3.05) is 26.0 Å². The summed E-state index contributed by atoms with van der Waals surface area (Å²) in [5, 5.41) is 2.77. The number of sulfonamides is 1. The average molecular weight is 399 g/mol. The Labute approximate surface area is 157 Å². The highest BCUT2D eigenvalue weighted by Crippen LogP contribution is 2.37. The van der Waals surface area contributed by atoms with E-state index in [0.29, 0.717) is 11.3 Å². The van der Waals surface area contributed by atoms with Crippen LogP contribution in [0.5, 0.6) is 11.5 Å². The highest BCUT2D eigenvalue weighted by atomic mass is 35.5. The number of rotatable bonds is 6. The lowest BCUT2D eigenvalue weighted by Gasteiger charge is -2.15. The van der Waals surface area contributed by atoms with Crippen molar-refractivity contribution < 1.29 is 22.7 Å². The lowest BCUT2D eigenvalue weighted by molar-refractivity contribution is 0.0962. The summed E-state index contributed by atoms with van der Waals surface area (Å²) in [7, 11) is 0.317. The summed E-state index contributed by atoms with van der Waals surface area (Å²) in [4.78, 5) is 11.9. The largest absolute Gasteiger partial charge is 0.495 e. The molecular weight excluding hydrogens is 380 g/mol. The normalized spacial score (nSPS) is 11.0. The number of carbonyl (C=O) groups is 1. The van der Waals surface area contributed by atoms with Crippen LogP contribution >= 0.6 is 11.6 Å². The molecule has 2 N–H and O–H groups in total. The fourth-order valence-corrected chi connectivity index (χ4v) is 3.61. The Balaban J connectivity index is 2.48. The third kappa shape index (κ3) is 4.03. The first kappa shape index (κ1) is 19.9. The number of carbonyl (C=O) groups excluding carboxylic acids is 1. The van der Waals surface area contributed by atoms with Crippen molar-refractivity contribution >= 4 is 33.2 Å². The predicted octanol–water partition coefficient (Wildman–Crippen LogP) is 2.83. The summed E-state index contributed by atoms with van der Waals surface area (Å²) in [6.45, 7) is 1.72. The first-order chi connectivity index (χ1) is 12.2. The van der Waals surface area contributed by atoms with Crippen LogP contribution in [0.1, 0.15) is 15.9 Å². The van der Waals surface area contributed by atoms with Gasteiger partial charge in [-0.2, -0.15) is 0 Å². The second-order valence-electron chi connectivity index (χ2n) is 5.35. The van der Waals surface area contributed by atoms with Crippen LogP contribution in [-0.2, 0) is 10.0 Å². The third-order valence-corrected chi connectivity index (χ3v) is 5.37. The quantitative estimate of drug-likeness (QED) is 0.780. The van der Waals surface area contributed by atoms with Crippen LogP contribution in [0, 0.1) is 6.92 Å². The van der Waals surface area contributed by atoms with Gasteiger partial charge in [0.25, 0.3) is 15.9 Å². The van der Waals surface area contributed by atoms with Gasteiger partial charge in [0.05, 0.1) is 29.8 Å². The maximum atomic E-state index is 12.8. The molecular formula is C17H19ClN2O5S. The maximum Gasteiger partial charge on any atom is 0.262 e. The molecule has 0 radical (unpaired) electrons. The van der Waals surface area contributed by atoms with E-state index in [4.69, 9.17) is 21.1 Å². The summed E-state index contributed by atoms with van der Waals surface area (Å²) < 4.78 is 38.2. The molecule has 0 aliphatic rings. The van der Waals surface area contributed by atoms with Crippen molar-refractivity contribution in [2.24, 2.45) is 0 Å². The third-order valence-electron chi connectivity index (χ3n) is 3.71. The number of methoxy groups -OCH3 is 2. The fourth-order valence-electron chi connectivity index (χ4n) is 2.29. The van der Waals surface area contributed by atoms with Gasteiger partial charge in [0.2, 0.25) is 0 Å². The molecule has 0 atom stereocenters. The first-order valence-electron chi connectivity index (χ1n) is 7.50. The van der Waals surface area contributed by atoms with Gasteiger partial charge in [-0.25, -0.2) is 8.42 Å². The zero-order valence-corrected chi connectivity index (χ0v) is 16.3. The molecule has 0 saturated carbocycles. The summed E-state index contributed by atoms with van der Waals surface area (Å²) in [6.07, 6.45) is 0. The minimum absolute atomic E-state index is 0.0577. The number of anilines is 1. The van der Waals surface area contributed by atoms with Crippen LogP contribution in [0.3, 0.4) is 0 Å². The molecule has 0 bridgehead atoms. The highest BCUT2D eigenvalue weighted by molar-refractivity contribution is 7.92. The summed E-state index contributed by atoms with van der Waals surface area (Å²) >= 11 is 6.03. The van der Waals surface area contributed by atoms with E-state index in [1.54, 1.807) is 13.0 Å². The van der Waals surface area contributed by atoms with Crippen molar-refractivity contribution in [3.8, 4) is 11.5 Å². The van der Waals surface area contributed by atoms with E-state index in [0.717, 1.165) is 0 Å². The Bertz CT molecular complexity index is 944. The number of hydrogen-bond acceptors (Lipinski definition) is 5. The molecule has 2 aromatic carbocycles. The summed E-state index contributed by atoms with van der Waals surface area (Å²) in [5.74, 6) is 0.156. The van der Waals surface area contributed by atoms with Crippen molar-refractivity contribution in [1.29, 1.82) is 0 Å². The van der Waals surface area contributed by atoms with E-state index in [9.17, 15) is 13.2 Å². The van der Waals surface area contributed by atoms with Gasteiger partial charge in [0.15, 0.2) is 0 Å². The molecule has 1 amide bonds. The van der Waals surface area contributed by atoms with Crippen molar-refractivity contribution in [3.05, 3.63) is 46.5 Å². The molecule has 0 heterocycles. The lowest BCUT2D eigenvalue weighted by atomic mass is 10.1. The van der Waals surface area contributed by atoms with Crippen LogP contribution in [0.4, 0.5) is 5.69 Å². The smallest absolute Gasteiger partial charge is 0.262 e. The van der Waals surface area contributed by atoms with Crippen LogP contribution in [0.15, 0.2) is 35.2 Å². The zero-order chi connectivity index (χ0) is 19.5. The predicted molar refractivity (Wildman–Crippen MR) is 99.9 cm³/mol. The van der Waals surface area contributed by atoms with Crippen molar-refractivity contribution in [1.82, 2.24) is 5.32 Å². The van der Waals surface area contributed by atoms with Gasteiger partial charge in [-0.3, -0.25) is 9.52 Å². The van der Waals surface area contributed by atoms with E-state index in [2.05, 4.69) is 10.0 Å². The van der Waals surface area contributed by atoms with Gasteiger partial charge in [0, 0.05) is 24.7 Å². The molecule has 0 unspecified atom stereocenters. The number of benzene rings is 2. The number of hydrogen-bond donors (Lipinski definition) is 2. The molecule has 0 aliphatic heterocycles. The summed E-state index contributed by atoms with van der Waals surface area (Å²) in [5.41, 5.74) is 1.10. The Hall–Kier alpha value is -2.45. The maximum absolute atomic E-state index is 12.8. The molecule has 0 fully saturated rings. The Kier molecular flexibility index (Phi) is 5.99. The van der Waals surface area contributed by atoms with Gasteiger partial charge in [0.1, 0.15) is 11.5 Å². The van der Waals surface area contributed by atoms with Crippen LogP contribution in [-0.4, -0.2) is 35.6 Å². The van der Waals surface area contributed by atoms with Crippen molar-refractivity contribution in [3.63, 3.8) is 0 Å². The molecule has 140 valence electrons. The first-order valence-corrected chi connectivity index (χ1v) is 9.36. The molecule has 0 saturated heterocycles. The minimum atomic E-state index is -3.97. The van der Waals surface area contributed by atoms with Crippen LogP contribution in [0.2, 0.25) is 5.02 Å². The van der Waals surface area contributed by atoms with Crippen molar-refractivity contribution in [2.45, 2.75) is 11.8 Å². The van der Waals surface area contributed by atoms with Gasteiger partial charge >= 0.3 is 0 Å². The monoisotopic (exact) mass is 398 g/mol. The SMILES string of the molecule is CNC(=O)c1cc(S(=O)(=O)Nc2cc(OC)c(Cl)cc2OC)ccc1C. The number of aryl methyl sites for hydroxylation is 1. The Morgan fingerprint density at radius 3 is 2.31 bits per heavy atom. The molecule has 2 rings (SSSR count). The fraction of sp³-hybridized carbons (Fsp3) is 0.235. The highest BCUT2D eigenvalue weighted by Gasteiger charge is 2.20. The number of amides is 1. The van der Waals surface area contributed by atoms with E-state index in [-0.39, 0.29) is 32.8 Å². The van der Waals surface area contributed by atoms with E-state index >= 15 is 0 Å². The number of ether oxygens (including phenoxy) is 2. The lowest BCUT2D eigenvalue weighted by Crippen LogP contribution is -2.20. The second-order valence-corrected chi connectivity index (χ2v) is 7.44. The second kappa shape index (κ2) is 7.84. The zero-order valence-electron chi connectivity index (χ0n) is 14.7. The molecule has 9 heteroatoms. The molecule has 26 heavy (non-hydrogen) atoms. The number of nitrogens with one attached hydrogen (secondary N) is 2. The van der Waals surface area contributed by atoms with Gasteiger partial charge < -0.3 is 14.8 Å². The molecule has 0 aromatic heterocycles. The number of halogens is 1. The topological polar surface area (TPSA) is 93.7 Å². The average Bonchev–Trinajstić information content (AvgIpc) is 2.62. The van der Waals surface area contributed by atoms with E-state index < -0.39 is 10.0 Å². The Morgan fingerprint density at radius 2 is 1.73 bits per heavy atom. The van der Waals surface area contributed by atoms with E-state index in [1.807, 2.05) is 0 Å². The van der Waals surface area contributed by atoms with Crippen LogP contribution in [0.25, 0.3) is 0 Å². The molecule has 0 aliphatic carbocycles. The van der Waals surface area contributed by atoms with Crippen LogP contribution < -0.4 is 19.5 Å². The minimum Gasteiger partial charge on any atom is -0.495 e. The Morgan fingerprint density at radius 1 is 1.08 bits per heavy atom.